The molecule has 0 aliphatic carbocycles. The topological polar surface area (TPSA) is 180 Å². The van der Waals surface area contributed by atoms with Crippen LogP contribution in [0.25, 0.3) is 0 Å². The highest BCUT2D eigenvalue weighted by molar-refractivity contribution is 7.47. The molecule has 3 rings (SSSR count). The number of aliphatic hydroxyl groups excluding tert-OH is 2. The number of aromatic nitrogens is 1. The predicted molar refractivity (Wildman–Crippen MR) is 122 cm³/mol. The number of hydrogen-bond acceptors (Lipinski definition) is 10. The predicted octanol–water partition coefficient (Wildman–Crippen LogP) is -0.0700. The minimum absolute atomic E-state index is 0.000615. The minimum atomic E-state index is -4.49. The molecular formula is C22H30N2O11P+. The summed E-state index contributed by atoms with van der Waals surface area (Å²) in [6.45, 7) is -0.342. The molecule has 1 aliphatic heterocycles. The summed E-state index contributed by atoms with van der Waals surface area (Å²) in [5.74, 6) is 0.478. The lowest BCUT2D eigenvalue weighted by molar-refractivity contribution is -0.765. The molecule has 36 heavy (non-hydrogen) atoms. The summed E-state index contributed by atoms with van der Waals surface area (Å²) in [6.07, 6.45) is -2.16. The van der Waals surface area contributed by atoms with Gasteiger partial charge in [-0.1, -0.05) is 12.1 Å². The molecule has 0 radical (unpaired) electrons. The van der Waals surface area contributed by atoms with Gasteiger partial charge in [0.1, 0.15) is 24.4 Å². The number of pyridine rings is 1. The average Bonchev–Trinajstić information content (AvgIpc) is 3.16. The molecule has 198 valence electrons. The van der Waals surface area contributed by atoms with Crippen molar-refractivity contribution in [3.63, 3.8) is 0 Å². The second-order valence-corrected chi connectivity index (χ2v) is 9.11. The number of hydrogen-bond donors (Lipinski definition) is 4. The fraction of sp³-hybridized carbons (Fsp3) is 0.455. The first kappa shape index (κ1) is 28.0. The van der Waals surface area contributed by atoms with Crippen LogP contribution in [-0.4, -0.2) is 79.5 Å². The third-order valence-electron chi connectivity index (χ3n) is 5.18. The Labute approximate surface area is 207 Å². The highest BCUT2D eigenvalue weighted by Crippen LogP contribution is 2.44. The number of aliphatic hydroxyl groups is 2. The van der Waals surface area contributed by atoms with Crippen LogP contribution >= 0.6 is 7.82 Å². The third kappa shape index (κ3) is 7.69. The molecule has 0 saturated carbocycles. The van der Waals surface area contributed by atoms with E-state index in [1.807, 2.05) is 12.1 Å². The van der Waals surface area contributed by atoms with Gasteiger partial charge in [0.15, 0.2) is 30.0 Å². The van der Waals surface area contributed by atoms with Gasteiger partial charge in [-0.15, -0.1) is 0 Å². The molecule has 0 spiro atoms. The molecule has 1 unspecified atom stereocenters. The second kappa shape index (κ2) is 13.1. The quantitative estimate of drug-likeness (QED) is 0.146. The Bertz CT molecular complexity index is 1060. The lowest BCUT2D eigenvalue weighted by Crippen LogP contribution is -2.46. The Kier molecular flexibility index (Phi) is 10.2. The number of amides is 1. The van der Waals surface area contributed by atoms with Crippen molar-refractivity contribution in [1.82, 2.24) is 0 Å². The van der Waals surface area contributed by atoms with Crippen LogP contribution in [0.5, 0.6) is 11.5 Å². The number of methoxy groups -OCH3 is 1. The van der Waals surface area contributed by atoms with E-state index in [2.05, 4.69) is 0 Å². The number of primary amides is 1. The number of phosphoric acid groups is 1. The van der Waals surface area contributed by atoms with Gasteiger partial charge in [0.2, 0.25) is 0 Å². The van der Waals surface area contributed by atoms with Crippen molar-refractivity contribution in [2.75, 3.05) is 40.1 Å². The first-order chi connectivity index (χ1) is 17.2. The Hall–Kier alpha value is -2.61. The van der Waals surface area contributed by atoms with E-state index in [1.54, 1.807) is 12.1 Å². The third-order valence-corrected chi connectivity index (χ3v) is 6.16. The molecule has 5 atom stereocenters. The maximum absolute atomic E-state index is 12.1. The normalized spacial score (nSPS) is 23.2. The highest BCUT2D eigenvalue weighted by atomic mass is 31.2. The Balaban J connectivity index is 1.37. The van der Waals surface area contributed by atoms with E-state index >= 15 is 0 Å². The molecule has 0 bridgehead atoms. The lowest BCUT2D eigenvalue weighted by atomic mass is 10.1. The van der Waals surface area contributed by atoms with Crippen molar-refractivity contribution in [1.29, 1.82) is 0 Å². The molecule has 2 heterocycles. The number of rotatable bonds is 14. The van der Waals surface area contributed by atoms with Crippen molar-refractivity contribution in [2.45, 2.75) is 24.5 Å². The van der Waals surface area contributed by atoms with Crippen LogP contribution < -0.4 is 19.8 Å². The van der Waals surface area contributed by atoms with Crippen molar-refractivity contribution >= 4 is 13.7 Å². The van der Waals surface area contributed by atoms with Gasteiger partial charge >= 0.3 is 7.82 Å². The summed E-state index contributed by atoms with van der Waals surface area (Å²) >= 11 is 0. The molecular weight excluding hydrogens is 499 g/mol. The summed E-state index contributed by atoms with van der Waals surface area (Å²) in [4.78, 5) is 21.3. The maximum atomic E-state index is 12.1. The molecule has 1 saturated heterocycles. The first-order valence-electron chi connectivity index (χ1n) is 11.0. The number of nitrogens with zero attached hydrogens (tertiary/aromatic N) is 1. The summed E-state index contributed by atoms with van der Waals surface area (Å²) in [7, 11) is -2.95. The average molecular weight is 529 g/mol. The molecule has 1 aromatic heterocycles. The van der Waals surface area contributed by atoms with Crippen molar-refractivity contribution in [2.24, 2.45) is 5.73 Å². The van der Waals surface area contributed by atoms with E-state index in [-0.39, 0.29) is 32.0 Å². The number of phosphoric ester groups is 1. The van der Waals surface area contributed by atoms with E-state index in [1.165, 1.54) is 36.2 Å². The van der Waals surface area contributed by atoms with Crippen LogP contribution in [0.1, 0.15) is 16.6 Å². The molecule has 14 heteroatoms. The smallest absolute Gasteiger partial charge is 0.472 e. The van der Waals surface area contributed by atoms with Crippen molar-refractivity contribution in [3.8, 4) is 11.5 Å². The molecule has 1 aliphatic rings. The van der Waals surface area contributed by atoms with Crippen LogP contribution in [0, 0.1) is 0 Å². The number of para-hydroxylation sites is 2. The minimum Gasteiger partial charge on any atom is -0.493 e. The number of nitrogens with two attached hydrogens (primary N) is 1. The number of carbonyl (C=O) groups is 1. The van der Waals surface area contributed by atoms with Crippen LogP contribution in [0.15, 0.2) is 48.8 Å². The molecule has 1 fully saturated rings. The second-order valence-electron chi connectivity index (χ2n) is 7.66. The number of carbonyl (C=O) groups excluding carboxylic acids is 1. The monoisotopic (exact) mass is 529 g/mol. The number of benzene rings is 1. The van der Waals surface area contributed by atoms with Gasteiger partial charge in [-0.25, -0.2) is 4.57 Å². The Morgan fingerprint density at radius 3 is 2.50 bits per heavy atom. The number of ether oxygens (including phenoxy) is 4. The first-order valence-corrected chi connectivity index (χ1v) is 12.5. The van der Waals surface area contributed by atoms with Crippen LogP contribution in [0.2, 0.25) is 0 Å². The summed E-state index contributed by atoms with van der Waals surface area (Å²) in [6, 6.07) is 10.1. The zero-order chi connectivity index (χ0) is 26.1. The summed E-state index contributed by atoms with van der Waals surface area (Å²) in [5.41, 5.74) is 5.43. The zero-order valence-corrected chi connectivity index (χ0v) is 20.4. The van der Waals surface area contributed by atoms with Gasteiger partial charge in [-0.2, -0.15) is 4.57 Å². The standard InChI is InChI=1S/C22H29N2O11P/c1-30-16-6-2-3-7-17(16)32-11-9-31-10-12-33-36(28,29)34-14-18-19(25)20(26)22(35-18)24-8-4-5-15(13-24)21(23)27/h2-8,13,18-20,22,25-26H,9-12,14H2,1H3,(H2-,23,27,28,29)/p+1/t18-,19-,20-,22-/m1/s1. The summed E-state index contributed by atoms with van der Waals surface area (Å²) < 4.78 is 44.9. The molecule has 5 N–H and O–H groups in total. The van der Waals surface area contributed by atoms with Gasteiger partial charge in [0.05, 0.1) is 33.5 Å². The van der Waals surface area contributed by atoms with E-state index in [9.17, 15) is 24.5 Å². The van der Waals surface area contributed by atoms with Gasteiger partial charge in [-0.3, -0.25) is 13.8 Å². The molecule has 2 aromatic rings. The van der Waals surface area contributed by atoms with E-state index in [4.69, 9.17) is 33.7 Å². The van der Waals surface area contributed by atoms with Gasteiger partial charge in [-0.05, 0) is 18.2 Å². The van der Waals surface area contributed by atoms with Crippen LogP contribution in [0.4, 0.5) is 0 Å². The van der Waals surface area contributed by atoms with Gasteiger partial charge in [0, 0.05) is 6.07 Å². The van der Waals surface area contributed by atoms with Crippen LogP contribution in [-0.2, 0) is 23.1 Å². The zero-order valence-electron chi connectivity index (χ0n) is 19.5. The van der Waals surface area contributed by atoms with Crippen molar-refractivity contribution < 1.29 is 57.0 Å². The summed E-state index contributed by atoms with van der Waals surface area (Å²) in [5, 5.41) is 20.6. The van der Waals surface area contributed by atoms with Gasteiger partial charge < -0.3 is 39.8 Å². The largest absolute Gasteiger partial charge is 0.493 e. The highest BCUT2D eigenvalue weighted by Gasteiger charge is 2.49. The lowest BCUT2D eigenvalue weighted by Gasteiger charge is -2.17. The SMILES string of the molecule is COc1ccccc1OCCOCCOP(=O)(O)OC[C@H]1O[C@@H]([n+]2cccc(C(N)=O)c2)[C@H](O)[C@@H]1O. The Morgan fingerprint density at radius 1 is 1.06 bits per heavy atom. The van der Waals surface area contributed by atoms with Gasteiger partial charge in [0.25, 0.3) is 12.1 Å². The molecule has 1 aromatic carbocycles. The van der Waals surface area contributed by atoms with E-state index in [0.29, 0.717) is 11.5 Å². The Morgan fingerprint density at radius 2 is 1.78 bits per heavy atom. The van der Waals surface area contributed by atoms with Crippen molar-refractivity contribution in [3.05, 3.63) is 54.4 Å². The fourth-order valence-electron chi connectivity index (χ4n) is 3.38. The molecule has 13 nitrogen and oxygen atoms in total. The fourth-order valence-corrected chi connectivity index (χ4v) is 4.09. The molecule has 1 amide bonds. The maximum Gasteiger partial charge on any atom is 0.472 e. The van der Waals surface area contributed by atoms with E-state index in [0.717, 1.165) is 0 Å². The van der Waals surface area contributed by atoms with Crippen LogP contribution in [0.3, 0.4) is 0 Å². The van der Waals surface area contributed by atoms with E-state index < -0.39 is 44.9 Å².